The molecule has 0 aliphatic rings. The van der Waals surface area contributed by atoms with Crippen molar-refractivity contribution in [1.29, 1.82) is 0 Å². The molecule has 0 saturated carbocycles. The second-order valence-electron chi connectivity index (χ2n) is 4.51. The van der Waals surface area contributed by atoms with Crippen molar-refractivity contribution in [3.05, 3.63) is 59.7 Å². The molecule has 0 heterocycles. The van der Waals surface area contributed by atoms with E-state index in [4.69, 9.17) is 0 Å². The monoisotopic (exact) mass is 241 g/mol. The van der Waals surface area contributed by atoms with Crippen LogP contribution in [0.2, 0.25) is 0 Å². The zero-order valence-electron chi connectivity index (χ0n) is 10.9. The molecule has 2 rings (SSSR count). The first-order chi connectivity index (χ1) is 8.69. The third-order valence-electron chi connectivity index (χ3n) is 3.14. The van der Waals surface area contributed by atoms with Crippen LogP contribution in [0.3, 0.4) is 0 Å². The van der Waals surface area contributed by atoms with E-state index >= 15 is 0 Å². The quantitative estimate of drug-likeness (QED) is 0.789. The smallest absolute Gasteiger partial charge is 0.115 e. The SMILES string of the molecule is CCc1ccc(C(C)Nc2ccc(O)cc2)cc1. The van der Waals surface area contributed by atoms with Crippen LogP contribution in [0.15, 0.2) is 48.5 Å². The zero-order valence-corrected chi connectivity index (χ0v) is 10.9. The summed E-state index contributed by atoms with van der Waals surface area (Å²) in [6.07, 6.45) is 1.07. The van der Waals surface area contributed by atoms with E-state index in [1.165, 1.54) is 11.1 Å². The number of aromatic hydroxyl groups is 1. The lowest BCUT2D eigenvalue weighted by atomic mass is 10.0. The highest BCUT2D eigenvalue weighted by Gasteiger charge is 2.04. The van der Waals surface area contributed by atoms with Crippen LogP contribution < -0.4 is 5.32 Å². The van der Waals surface area contributed by atoms with Gasteiger partial charge >= 0.3 is 0 Å². The van der Waals surface area contributed by atoms with Gasteiger partial charge in [-0.05, 0) is 48.7 Å². The minimum atomic E-state index is 0.250. The Hall–Kier alpha value is -1.96. The van der Waals surface area contributed by atoms with Gasteiger partial charge in [-0.25, -0.2) is 0 Å². The van der Waals surface area contributed by atoms with Crippen molar-refractivity contribution in [3.63, 3.8) is 0 Å². The highest BCUT2D eigenvalue weighted by molar-refractivity contribution is 5.47. The minimum absolute atomic E-state index is 0.250. The predicted molar refractivity (Wildman–Crippen MR) is 76.0 cm³/mol. The third kappa shape index (κ3) is 3.04. The summed E-state index contributed by atoms with van der Waals surface area (Å²) >= 11 is 0. The van der Waals surface area contributed by atoms with E-state index in [1.807, 2.05) is 12.1 Å². The molecule has 2 aromatic carbocycles. The topological polar surface area (TPSA) is 32.3 Å². The van der Waals surface area contributed by atoms with Crippen LogP contribution in [0.25, 0.3) is 0 Å². The Morgan fingerprint density at radius 1 is 1.00 bits per heavy atom. The summed E-state index contributed by atoms with van der Waals surface area (Å²) in [5, 5.41) is 12.6. The molecule has 0 saturated heterocycles. The van der Waals surface area contributed by atoms with Crippen LogP contribution >= 0.6 is 0 Å². The van der Waals surface area contributed by atoms with E-state index < -0.39 is 0 Å². The minimum Gasteiger partial charge on any atom is -0.508 e. The molecule has 0 bridgehead atoms. The number of nitrogens with one attached hydrogen (secondary N) is 1. The second-order valence-corrected chi connectivity index (χ2v) is 4.51. The molecule has 0 aromatic heterocycles. The van der Waals surface area contributed by atoms with E-state index in [0.29, 0.717) is 5.75 Å². The Balaban J connectivity index is 2.06. The fraction of sp³-hybridized carbons (Fsp3) is 0.250. The first kappa shape index (κ1) is 12.5. The Morgan fingerprint density at radius 3 is 2.17 bits per heavy atom. The van der Waals surface area contributed by atoms with Gasteiger partial charge in [-0.1, -0.05) is 31.2 Å². The molecule has 0 amide bonds. The predicted octanol–water partition coefficient (Wildman–Crippen LogP) is 4.13. The maximum Gasteiger partial charge on any atom is 0.115 e. The molecule has 2 aromatic rings. The van der Waals surface area contributed by atoms with E-state index in [2.05, 4.69) is 43.4 Å². The van der Waals surface area contributed by atoms with Crippen molar-refractivity contribution < 1.29 is 5.11 Å². The molecule has 2 N–H and O–H groups in total. The van der Waals surface area contributed by atoms with Crippen LogP contribution in [0.1, 0.15) is 31.0 Å². The van der Waals surface area contributed by atoms with Crippen molar-refractivity contribution >= 4 is 5.69 Å². The summed E-state index contributed by atoms with van der Waals surface area (Å²) in [5.74, 6) is 0.292. The van der Waals surface area contributed by atoms with Gasteiger partial charge in [0, 0.05) is 11.7 Å². The van der Waals surface area contributed by atoms with Gasteiger partial charge < -0.3 is 10.4 Å². The van der Waals surface area contributed by atoms with Crippen molar-refractivity contribution in [2.24, 2.45) is 0 Å². The zero-order chi connectivity index (χ0) is 13.0. The van der Waals surface area contributed by atoms with Crippen LogP contribution in [-0.4, -0.2) is 5.11 Å². The fourth-order valence-corrected chi connectivity index (χ4v) is 1.93. The molecule has 0 radical (unpaired) electrons. The Morgan fingerprint density at radius 2 is 1.61 bits per heavy atom. The van der Waals surface area contributed by atoms with Crippen LogP contribution in [0.5, 0.6) is 5.75 Å². The number of rotatable bonds is 4. The maximum absolute atomic E-state index is 9.24. The van der Waals surface area contributed by atoms with E-state index in [9.17, 15) is 5.11 Å². The van der Waals surface area contributed by atoms with Crippen molar-refractivity contribution in [2.45, 2.75) is 26.3 Å². The highest BCUT2D eigenvalue weighted by atomic mass is 16.3. The summed E-state index contributed by atoms with van der Waals surface area (Å²) in [4.78, 5) is 0. The number of aryl methyl sites for hydroxylation is 1. The molecule has 1 unspecified atom stereocenters. The van der Waals surface area contributed by atoms with Gasteiger partial charge in [0.05, 0.1) is 0 Å². The fourth-order valence-electron chi connectivity index (χ4n) is 1.93. The average molecular weight is 241 g/mol. The van der Waals surface area contributed by atoms with E-state index in [1.54, 1.807) is 12.1 Å². The van der Waals surface area contributed by atoms with Gasteiger partial charge in [0.15, 0.2) is 0 Å². The number of phenols is 1. The summed E-state index contributed by atoms with van der Waals surface area (Å²) in [6.45, 7) is 4.29. The summed E-state index contributed by atoms with van der Waals surface area (Å²) < 4.78 is 0. The highest BCUT2D eigenvalue weighted by Crippen LogP contribution is 2.21. The van der Waals surface area contributed by atoms with Gasteiger partial charge in [0.1, 0.15) is 5.75 Å². The number of phenolic OH excluding ortho intramolecular Hbond substituents is 1. The van der Waals surface area contributed by atoms with Gasteiger partial charge in [0.2, 0.25) is 0 Å². The van der Waals surface area contributed by atoms with Gasteiger partial charge in [0.25, 0.3) is 0 Å². The van der Waals surface area contributed by atoms with E-state index in [0.717, 1.165) is 12.1 Å². The molecule has 0 aliphatic heterocycles. The first-order valence-electron chi connectivity index (χ1n) is 6.33. The molecule has 18 heavy (non-hydrogen) atoms. The number of anilines is 1. The molecule has 2 nitrogen and oxygen atoms in total. The molecular formula is C16H19NO. The number of benzene rings is 2. The van der Waals surface area contributed by atoms with Crippen LogP contribution in [0, 0.1) is 0 Å². The van der Waals surface area contributed by atoms with Gasteiger partial charge in [-0.2, -0.15) is 0 Å². The molecule has 0 fully saturated rings. The lowest BCUT2D eigenvalue weighted by Crippen LogP contribution is -2.06. The largest absolute Gasteiger partial charge is 0.508 e. The molecule has 2 heteroatoms. The van der Waals surface area contributed by atoms with E-state index in [-0.39, 0.29) is 6.04 Å². The van der Waals surface area contributed by atoms with Crippen molar-refractivity contribution in [3.8, 4) is 5.75 Å². The Kier molecular flexibility index (Phi) is 3.88. The molecule has 0 aliphatic carbocycles. The number of hydrogen-bond donors (Lipinski definition) is 2. The van der Waals surface area contributed by atoms with Crippen LogP contribution in [-0.2, 0) is 6.42 Å². The third-order valence-corrected chi connectivity index (χ3v) is 3.14. The standard InChI is InChI=1S/C16H19NO/c1-3-13-4-6-14(7-5-13)12(2)17-15-8-10-16(18)11-9-15/h4-12,17-18H,3H2,1-2H3. The lowest BCUT2D eigenvalue weighted by Gasteiger charge is -2.16. The lowest BCUT2D eigenvalue weighted by molar-refractivity contribution is 0.475. The summed E-state index contributed by atoms with van der Waals surface area (Å²) in [7, 11) is 0. The van der Waals surface area contributed by atoms with Crippen molar-refractivity contribution in [1.82, 2.24) is 0 Å². The second kappa shape index (κ2) is 5.58. The maximum atomic E-state index is 9.24. The van der Waals surface area contributed by atoms with Gasteiger partial charge in [-0.15, -0.1) is 0 Å². The normalized spacial score (nSPS) is 12.1. The number of hydrogen-bond acceptors (Lipinski definition) is 2. The molecule has 1 atom stereocenters. The van der Waals surface area contributed by atoms with Crippen LogP contribution in [0.4, 0.5) is 5.69 Å². The Bertz CT molecular complexity index is 488. The Labute approximate surface area is 108 Å². The average Bonchev–Trinajstić information content (AvgIpc) is 2.41. The molecular weight excluding hydrogens is 222 g/mol. The summed E-state index contributed by atoms with van der Waals surface area (Å²) in [6, 6.07) is 16.1. The molecule has 0 spiro atoms. The summed E-state index contributed by atoms with van der Waals surface area (Å²) in [5.41, 5.74) is 3.63. The van der Waals surface area contributed by atoms with Crippen molar-refractivity contribution in [2.75, 3.05) is 5.32 Å². The van der Waals surface area contributed by atoms with Gasteiger partial charge in [-0.3, -0.25) is 0 Å². The first-order valence-corrected chi connectivity index (χ1v) is 6.33. The molecule has 94 valence electrons.